The summed E-state index contributed by atoms with van der Waals surface area (Å²) in [5.41, 5.74) is 2.56. The third-order valence-electron chi connectivity index (χ3n) is 3.29. The highest BCUT2D eigenvalue weighted by Gasteiger charge is 2.27. The maximum atomic E-state index is 12.1. The summed E-state index contributed by atoms with van der Waals surface area (Å²) in [4.78, 5) is 35.9. The number of hydrogen-bond acceptors (Lipinski definition) is 4. The van der Waals surface area contributed by atoms with Crippen LogP contribution in [0.2, 0.25) is 0 Å². The zero-order chi connectivity index (χ0) is 14.2. The number of nitrogens with one attached hydrogen (secondary N) is 1. The van der Waals surface area contributed by atoms with E-state index in [4.69, 9.17) is 0 Å². The van der Waals surface area contributed by atoms with Crippen LogP contribution in [0, 0.1) is 13.8 Å². The molecule has 1 saturated heterocycles. The average molecular weight is 264 g/mol. The minimum Gasteiger partial charge on any atom is -0.324 e. The van der Waals surface area contributed by atoms with Crippen molar-refractivity contribution in [2.45, 2.75) is 20.3 Å². The predicted octanol–water partition coefficient (Wildman–Crippen LogP) is -0.936. The van der Waals surface area contributed by atoms with E-state index in [2.05, 4.69) is 10.4 Å². The molecule has 0 aromatic carbocycles. The lowest BCUT2D eigenvalue weighted by Crippen LogP contribution is -2.53. The molecule has 0 atom stereocenters. The second kappa shape index (κ2) is 4.83. The number of hydrogen-bond donors (Lipinski definition) is 1. The summed E-state index contributed by atoms with van der Waals surface area (Å²) in [5, 5.41) is 6.41. The van der Waals surface area contributed by atoms with Gasteiger partial charge >= 0.3 is 0 Å². The molecule has 19 heavy (non-hydrogen) atoms. The van der Waals surface area contributed by atoms with E-state index in [1.807, 2.05) is 20.9 Å². The maximum absolute atomic E-state index is 12.1. The van der Waals surface area contributed by atoms with Gasteiger partial charge in [0.2, 0.25) is 17.7 Å². The van der Waals surface area contributed by atoms with Crippen molar-refractivity contribution in [2.24, 2.45) is 7.05 Å². The highest BCUT2D eigenvalue weighted by molar-refractivity contribution is 6.02. The van der Waals surface area contributed by atoms with Crippen molar-refractivity contribution in [3.8, 4) is 0 Å². The highest BCUT2D eigenvalue weighted by Crippen LogP contribution is 2.14. The molecule has 7 heteroatoms. The molecule has 3 amide bonds. The van der Waals surface area contributed by atoms with Crippen LogP contribution in [0.4, 0.5) is 0 Å². The van der Waals surface area contributed by atoms with E-state index in [0.717, 1.165) is 17.0 Å². The van der Waals surface area contributed by atoms with Crippen LogP contribution < -0.4 is 5.32 Å². The monoisotopic (exact) mass is 264 g/mol. The lowest BCUT2D eigenvalue weighted by Gasteiger charge is -2.25. The summed E-state index contributed by atoms with van der Waals surface area (Å²) in [6, 6.07) is 0. The Balaban J connectivity index is 2.12. The molecule has 2 rings (SSSR count). The standard InChI is InChI=1S/C12H16N4O3/c1-7-9(8(2)15(3)14-7)4-12(19)16-5-10(17)13-11(18)6-16/h4-6H2,1-3H3,(H,13,17,18). The Bertz CT molecular complexity index is 546. The molecule has 1 fully saturated rings. The van der Waals surface area contributed by atoms with Gasteiger partial charge in [0.25, 0.3) is 0 Å². The number of imide groups is 1. The van der Waals surface area contributed by atoms with Crippen molar-refractivity contribution in [1.29, 1.82) is 0 Å². The Morgan fingerprint density at radius 1 is 1.26 bits per heavy atom. The van der Waals surface area contributed by atoms with Gasteiger partial charge in [-0.15, -0.1) is 0 Å². The van der Waals surface area contributed by atoms with E-state index in [1.165, 1.54) is 4.90 Å². The fourth-order valence-electron chi connectivity index (χ4n) is 2.15. The second-order valence-corrected chi connectivity index (χ2v) is 4.67. The van der Waals surface area contributed by atoms with E-state index >= 15 is 0 Å². The number of rotatable bonds is 2. The summed E-state index contributed by atoms with van der Waals surface area (Å²) >= 11 is 0. The number of nitrogens with zero attached hydrogens (tertiary/aromatic N) is 3. The molecule has 0 unspecified atom stereocenters. The van der Waals surface area contributed by atoms with Crippen molar-refractivity contribution in [3.63, 3.8) is 0 Å². The molecule has 0 radical (unpaired) electrons. The Kier molecular flexibility index (Phi) is 3.37. The third-order valence-corrected chi connectivity index (χ3v) is 3.29. The van der Waals surface area contributed by atoms with Gasteiger partial charge in [-0.25, -0.2) is 0 Å². The van der Waals surface area contributed by atoms with Crippen LogP contribution in [0.15, 0.2) is 0 Å². The first kappa shape index (κ1) is 13.3. The largest absolute Gasteiger partial charge is 0.324 e. The van der Waals surface area contributed by atoms with Gasteiger partial charge < -0.3 is 4.90 Å². The van der Waals surface area contributed by atoms with Gasteiger partial charge in [0, 0.05) is 18.3 Å². The van der Waals surface area contributed by atoms with Crippen molar-refractivity contribution in [2.75, 3.05) is 13.1 Å². The number of carbonyl (C=O) groups excluding carboxylic acids is 3. The zero-order valence-electron chi connectivity index (χ0n) is 11.2. The highest BCUT2D eigenvalue weighted by atomic mass is 16.2. The van der Waals surface area contributed by atoms with Crippen LogP contribution in [0.3, 0.4) is 0 Å². The summed E-state index contributed by atoms with van der Waals surface area (Å²) in [6.07, 6.45) is 0.159. The fraction of sp³-hybridized carbons (Fsp3) is 0.500. The van der Waals surface area contributed by atoms with Crippen molar-refractivity contribution >= 4 is 17.7 Å². The van der Waals surface area contributed by atoms with Crippen molar-refractivity contribution < 1.29 is 14.4 Å². The molecule has 0 aliphatic carbocycles. The second-order valence-electron chi connectivity index (χ2n) is 4.67. The Morgan fingerprint density at radius 3 is 2.32 bits per heavy atom. The molecule has 1 aliphatic rings. The van der Waals surface area contributed by atoms with Gasteiger partial charge in [-0.1, -0.05) is 0 Å². The SMILES string of the molecule is Cc1nn(C)c(C)c1CC(=O)N1CC(=O)NC(=O)C1. The van der Waals surface area contributed by atoms with Crippen LogP contribution in [-0.4, -0.2) is 45.5 Å². The zero-order valence-corrected chi connectivity index (χ0v) is 11.2. The molecule has 7 nitrogen and oxygen atoms in total. The Morgan fingerprint density at radius 2 is 1.84 bits per heavy atom. The third kappa shape index (κ3) is 2.64. The van der Waals surface area contributed by atoms with Crippen LogP contribution in [0.5, 0.6) is 0 Å². The fourth-order valence-corrected chi connectivity index (χ4v) is 2.15. The van der Waals surface area contributed by atoms with Crippen molar-refractivity contribution in [1.82, 2.24) is 20.0 Å². The van der Waals surface area contributed by atoms with Gasteiger partial charge in [0.1, 0.15) is 13.1 Å². The lowest BCUT2D eigenvalue weighted by molar-refractivity contribution is -0.145. The first-order valence-corrected chi connectivity index (χ1v) is 5.98. The Hall–Kier alpha value is -2.18. The summed E-state index contributed by atoms with van der Waals surface area (Å²) in [6.45, 7) is 3.59. The smallest absolute Gasteiger partial charge is 0.246 e. The quantitative estimate of drug-likeness (QED) is 0.699. The van der Waals surface area contributed by atoms with E-state index < -0.39 is 11.8 Å². The van der Waals surface area contributed by atoms with Gasteiger partial charge in [-0.2, -0.15) is 5.10 Å². The molecule has 102 valence electrons. The molecule has 1 aromatic heterocycles. The van der Waals surface area contributed by atoms with E-state index in [-0.39, 0.29) is 25.4 Å². The molecular formula is C12H16N4O3. The van der Waals surface area contributed by atoms with Crippen LogP contribution in [0.25, 0.3) is 0 Å². The van der Waals surface area contributed by atoms with E-state index in [0.29, 0.717) is 0 Å². The number of carbonyl (C=O) groups is 3. The lowest BCUT2D eigenvalue weighted by atomic mass is 10.1. The minimum atomic E-state index is -0.441. The number of aryl methyl sites for hydroxylation is 2. The van der Waals surface area contributed by atoms with Gasteiger partial charge in [0.15, 0.2) is 0 Å². The van der Waals surface area contributed by atoms with Gasteiger partial charge in [-0.3, -0.25) is 24.4 Å². The maximum Gasteiger partial charge on any atom is 0.246 e. The molecular weight excluding hydrogens is 248 g/mol. The number of piperazine rings is 1. The van der Waals surface area contributed by atoms with Gasteiger partial charge in [-0.05, 0) is 13.8 Å². The molecule has 0 spiro atoms. The van der Waals surface area contributed by atoms with Gasteiger partial charge in [0.05, 0.1) is 12.1 Å². The number of amides is 3. The normalized spacial score (nSPS) is 15.6. The molecule has 1 aliphatic heterocycles. The average Bonchev–Trinajstić information content (AvgIpc) is 2.54. The molecule has 2 heterocycles. The topological polar surface area (TPSA) is 84.3 Å². The summed E-state index contributed by atoms with van der Waals surface area (Å²) in [7, 11) is 1.81. The first-order valence-electron chi connectivity index (χ1n) is 5.98. The molecule has 0 bridgehead atoms. The van der Waals surface area contributed by atoms with E-state index in [9.17, 15) is 14.4 Å². The summed E-state index contributed by atoms with van der Waals surface area (Å²) in [5.74, 6) is -1.11. The van der Waals surface area contributed by atoms with Crippen LogP contribution in [0.1, 0.15) is 17.0 Å². The van der Waals surface area contributed by atoms with E-state index in [1.54, 1.807) is 4.68 Å². The van der Waals surface area contributed by atoms with Crippen molar-refractivity contribution in [3.05, 3.63) is 17.0 Å². The first-order chi connectivity index (χ1) is 8.88. The molecule has 0 saturated carbocycles. The predicted molar refractivity (Wildman–Crippen MR) is 66.1 cm³/mol. The molecule has 1 aromatic rings. The number of aromatic nitrogens is 2. The van der Waals surface area contributed by atoms with Crippen LogP contribution >= 0.6 is 0 Å². The minimum absolute atomic E-state index is 0.0665. The van der Waals surface area contributed by atoms with Crippen LogP contribution in [-0.2, 0) is 27.9 Å². The Labute approximate surface area is 110 Å². The molecule has 1 N–H and O–H groups in total. The summed E-state index contributed by atoms with van der Waals surface area (Å²) < 4.78 is 1.71.